The number of esters is 1. The van der Waals surface area contributed by atoms with E-state index < -0.39 is 27.3 Å². The van der Waals surface area contributed by atoms with Crippen LogP contribution in [0, 0.1) is 5.92 Å². The van der Waals surface area contributed by atoms with E-state index in [0.29, 0.717) is 5.69 Å². The SMILES string of the molecule is CCOC(=O)C1CNNC1S(=O)(=O)Nc1ccc(Br)cc1. The van der Waals surface area contributed by atoms with Crippen molar-refractivity contribution in [2.75, 3.05) is 17.9 Å². The third-order valence-corrected chi connectivity index (χ3v) is 5.12. The fourth-order valence-electron chi connectivity index (χ4n) is 1.97. The minimum atomic E-state index is -3.78. The maximum atomic E-state index is 12.4. The smallest absolute Gasteiger partial charge is 0.313 e. The highest BCUT2D eigenvalue weighted by atomic mass is 79.9. The van der Waals surface area contributed by atoms with Gasteiger partial charge in [-0.05, 0) is 31.2 Å². The van der Waals surface area contributed by atoms with Crippen molar-refractivity contribution in [3.05, 3.63) is 28.7 Å². The second-order valence-corrected chi connectivity index (χ2v) is 7.18. The number of halogens is 1. The van der Waals surface area contributed by atoms with E-state index in [9.17, 15) is 13.2 Å². The number of hydrogen-bond acceptors (Lipinski definition) is 6. The number of nitrogens with one attached hydrogen (secondary N) is 3. The van der Waals surface area contributed by atoms with Crippen molar-refractivity contribution >= 4 is 37.6 Å². The molecule has 1 fully saturated rings. The Kier molecular flexibility index (Phi) is 5.20. The molecule has 9 heteroatoms. The van der Waals surface area contributed by atoms with Crippen LogP contribution >= 0.6 is 15.9 Å². The Bertz CT molecular complexity index is 605. The Labute approximate surface area is 131 Å². The molecule has 2 unspecified atom stereocenters. The molecule has 0 bridgehead atoms. The average molecular weight is 378 g/mol. The first-order valence-corrected chi connectivity index (χ1v) is 8.70. The van der Waals surface area contributed by atoms with Crippen LogP contribution in [0.2, 0.25) is 0 Å². The lowest BCUT2D eigenvalue weighted by atomic mass is 10.2. The molecule has 0 spiro atoms. The van der Waals surface area contributed by atoms with Crippen LogP contribution in [0.1, 0.15) is 6.92 Å². The van der Waals surface area contributed by atoms with Gasteiger partial charge in [-0.3, -0.25) is 14.9 Å². The number of sulfonamides is 1. The largest absolute Gasteiger partial charge is 0.466 e. The Balaban J connectivity index is 2.14. The Morgan fingerprint density at radius 2 is 2.10 bits per heavy atom. The van der Waals surface area contributed by atoms with E-state index in [-0.39, 0.29) is 13.2 Å². The number of carbonyl (C=O) groups is 1. The first kappa shape index (κ1) is 16.2. The highest BCUT2D eigenvalue weighted by Crippen LogP contribution is 2.20. The molecule has 0 saturated carbocycles. The van der Waals surface area contributed by atoms with Crippen molar-refractivity contribution in [2.24, 2.45) is 5.92 Å². The van der Waals surface area contributed by atoms with E-state index in [1.54, 1.807) is 31.2 Å². The number of anilines is 1. The van der Waals surface area contributed by atoms with Crippen molar-refractivity contribution in [3.63, 3.8) is 0 Å². The Morgan fingerprint density at radius 1 is 1.43 bits per heavy atom. The summed E-state index contributed by atoms with van der Waals surface area (Å²) in [6.07, 6.45) is 0. The van der Waals surface area contributed by atoms with Crippen LogP contribution in [0.25, 0.3) is 0 Å². The number of rotatable bonds is 5. The highest BCUT2D eigenvalue weighted by Gasteiger charge is 2.42. The second kappa shape index (κ2) is 6.73. The summed E-state index contributed by atoms with van der Waals surface area (Å²) >= 11 is 3.28. The van der Waals surface area contributed by atoms with Crippen molar-refractivity contribution in [2.45, 2.75) is 12.3 Å². The molecule has 0 aliphatic carbocycles. The summed E-state index contributed by atoms with van der Waals surface area (Å²) in [5.74, 6) is -1.33. The molecule has 1 aromatic carbocycles. The average Bonchev–Trinajstić information content (AvgIpc) is 2.92. The number of hydrazine groups is 1. The molecular weight excluding hydrogens is 362 g/mol. The predicted molar refractivity (Wildman–Crippen MR) is 81.7 cm³/mol. The van der Waals surface area contributed by atoms with Crippen LogP contribution in [0.3, 0.4) is 0 Å². The fraction of sp³-hybridized carbons (Fsp3) is 0.417. The van der Waals surface area contributed by atoms with E-state index in [2.05, 4.69) is 31.5 Å². The van der Waals surface area contributed by atoms with Crippen molar-refractivity contribution < 1.29 is 17.9 Å². The van der Waals surface area contributed by atoms with Crippen LogP contribution in [-0.2, 0) is 19.6 Å². The van der Waals surface area contributed by atoms with Crippen LogP contribution in [0.15, 0.2) is 28.7 Å². The van der Waals surface area contributed by atoms with Gasteiger partial charge in [0, 0.05) is 16.7 Å². The van der Waals surface area contributed by atoms with Gasteiger partial charge < -0.3 is 4.74 Å². The van der Waals surface area contributed by atoms with E-state index >= 15 is 0 Å². The molecular formula is C12H16BrN3O4S. The van der Waals surface area contributed by atoms with Crippen molar-refractivity contribution in [3.8, 4) is 0 Å². The van der Waals surface area contributed by atoms with Gasteiger partial charge in [-0.1, -0.05) is 15.9 Å². The summed E-state index contributed by atoms with van der Waals surface area (Å²) in [5, 5.41) is -1.08. The standard InChI is InChI=1S/C12H16BrN3O4S/c1-2-20-12(17)10-7-14-15-11(10)21(18,19)16-9-5-3-8(13)4-6-9/h3-6,10-11,14-16H,2,7H2,1H3. The third-order valence-electron chi connectivity index (χ3n) is 2.96. The molecule has 1 saturated heterocycles. The van der Waals surface area contributed by atoms with E-state index in [1.165, 1.54) is 0 Å². The molecule has 7 nitrogen and oxygen atoms in total. The fourth-order valence-corrected chi connectivity index (χ4v) is 3.71. The first-order valence-electron chi connectivity index (χ1n) is 6.36. The summed E-state index contributed by atoms with van der Waals surface area (Å²) in [5.41, 5.74) is 5.72. The first-order chi connectivity index (χ1) is 9.94. The summed E-state index contributed by atoms with van der Waals surface area (Å²) in [7, 11) is -3.78. The summed E-state index contributed by atoms with van der Waals surface area (Å²) in [6.45, 7) is 2.09. The molecule has 1 aliphatic rings. The molecule has 0 aromatic heterocycles. The monoisotopic (exact) mass is 377 g/mol. The number of ether oxygens (including phenoxy) is 1. The van der Waals surface area contributed by atoms with Crippen LogP contribution < -0.4 is 15.6 Å². The van der Waals surface area contributed by atoms with E-state index in [1.807, 2.05) is 0 Å². The number of hydrogen-bond donors (Lipinski definition) is 3. The molecule has 116 valence electrons. The minimum absolute atomic E-state index is 0.199. The molecule has 1 aromatic rings. The number of carbonyl (C=O) groups excluding carboxylic acids is 1. The summed E-state index contributed by atoms with van der Waals surface area (Å²) in [6, 6.07) is 6.70. The van der Waals surface area contributed by atoms with Crippen LogP contribution in [0.4, 0.5) is 5.69 Å². The van der Waals surface area contributed by atoms with Gasteiger partial charge in [0.1, 0.15) is 5.92 Å². The van der Waals surface area contributed by atoms with Gasteiger partial charge in [0.15, 0.2) is 5.37 Å². The van der Waals surface area contributed by atoms with E-state index in [4.69, 9.17) is 4.74 Å². The van der Waals surface area contributed by atoms with Gasteiger partial charge in [0.25, 0.3) is 10.0 Å². The normalized spacial score (nSPS) is 22.0. The second-order valence-electron chi connectivity index (χ2n) is 4.46. The molecule has 1 heterocycles. The lowest BCUT2D eigenvalue weighted by Crippen LogP contribution is -2.44. The third kappa shape index (κ3) is 3.94. The zero-order valence-electron chi connectivity index (χ0n) is 11.3. The van der Waals surface area contributed by atoms with Gasteiger partial charge in [0.05, 0.1) is 6.61 Å². The molecule has 21 heavy (non-hydrogen) atoms. The topological polar surface area (TPSA) is 96.5 Å². The predicted octanol–water partition coefficient (Wildman–Crippen LogP) is 0.804. The molecule has 2 atom stereocenters. The Morgan fingerprint density at radius 3 is 2.71 bits per heavy atom. The van der Waals surface area contributed by atoms with Gasteiger partial charge in [0.2, 0.25) is 0 Å². The minimum Gasteiger partial charge on any atom is -0.466 e. The van der Waals surface area contributed by atoms with Gasteiger partial charge in [-0.15, -0.1) is 0 Å². The van der Waals surface area contributed by atoms with E-state index in [0.717, 1.165) is 4.47 Å². The highest BCUT2D eigenvalue weighted by molar-refractivity contribution is 9.10. The summed E-state index contributed by atoms with van der Waals surface area (Å²) < 4.78 is 32.9. The van der Waals surface area contributed by atoms with Gasteiger partial charge in [-0.25, -0.2) is 13.8 Å². The molecule has 2 rings (SSSR count). The van der Waals surface area contributed by atoms with Crippen molar-refractivity contribution in [1.82, 2.24) is 10.9 Å². The molecule has 1 aliphatic heterocycles. The summed E-state index contributed by atoms with van der Waals surface area (Å²) in [4.78, 5) is 11.8. The van der Waals surface area contributed by atoms with Crippen LogP contribution in [0.5, 0.6) is 0 Å². The zero-order valence-corrected chi connectivity index (χ0v) is 13.7. The Hall–Kier alpha value is -1.16. The number of benzene rings is 1. The van der Waals surface area contributed by atoms with Crippen LogP contribution in [-0.4, -0.2) is 32.9 Å². The van der Waals surface area contributed by atoms with Crippen molar-refractivity contribution in [1.29, 1.82) is 0 Å². The maximum Gasteiger partial charge on any atom is 0.313 e. The lowest BCUT2D eigenvalue weighted by Gasteiger charge is -2.18. The molecule has 3 N–H and O–H groups in total. The zero-order chi connectivity index (χ0) is 15.5. The van der Waals surface area contributed by atoms with Gasteiger partial charge >= 0.3 is 5.97 Å². The maximum absolute atomic E-state index is 12.4. The molecule has 0 amide bonds. The lowest BCUT2D eigenvalue weighted by molar-refractivity contribution is -0.147. The molecule has 0 radical (unpaired) electrons. The quantitative estimate of drug-likeness (QED) is 0.656. The van der Waals surface area contributed by atoms with Gasteiger partial charge in [-0.2, -0.15) is 0 Å².